The summed E-state index contributed by atoms with van der Waals surface area (Å²) in [6.45, 7) is 2.41. The van der Waals surface area contributed by atoms with E-state index < -0.39 is 22.3 Å². The highest BCUT2D eigenvalue weighted by atomic mass is 35.5. The number of nitrogens with one attached hydrogen (secondary N) is 2. The maximum Gasteiger partial charge on any atom is 0.263 e. The van der Waals surface area contributed by atoms with Crippen molar-refractivity contribution in [2.45, 2.75) is 30.5 Å². The van der Waals surface area contributed by atoms with Crippen molar-refractivity contribution in [3.05, 3.63) is 52.2 Å². The largest absolute Gasteiger partial charge is 0.483 e. The SMILES string of the molecule is Cc1c(Cl)ccc(Cl)c1S(=O)(=O)Nc1cc(OC2CCNCC2F)c2occc2c1. The van der Waals surface area contributed by atoms with Crippen LogP contribution in [0.5, 0.6) is 5.75 Å². The lowest BCUT2D eigenvalue weighted by Gasteiger charge is -2.27. The Bertz CT molecular complexity index is 1200. The maximum absolute atomic E-state index is 14.2. The Labute approximate surface area is 183 Å². The summed E-state index contributed by atoms with van der Waals surface area (Å²) in [5, 5.41) is 3.92. The molecule has 10 heteroatoms. The van der Waals surface area contributed by atoms with Crippen molar-refractivity contribution in [2.24, 2.45) is 0 Å². The number of halogens is 3. The number of rotatable bonds is 5. The van der Waals surface area contributed by atoms with E-state index in [1.807, 2.05) is 0 Å². The highest BCUT2D eigenvalue weighted by molar-refractivity contribution is 7.93. The standard InChI is InChI=1S/C20H19Cl2FN2O4S/c1-11-14(21)2-3-15(22)20(11)30(26,27)25-13-8-12-5-7-28-19(12)18(9-13)29-17-4-6-24-10-16(17)23/h2-3,5,7-9,16-17,24-25H,4,6,10H2,1H3. The summed E-state index contributed by atoms with van der Waals surface area (Å²) in [6.07, 6.45) is 0.104. The summed E-state index contributed by atoms with van der Waals surface area (Å²) in [6, 6.07) is 7.72. The Kier molecular flexibility index (Phi) is 5.85. The van der Waals surface area contributed by atoms with Crippen molar-refractivity contribution in [2.75, 3.05) is 17.8 Å². The smallest absolute Gasteiger partial charge is 0.263 e. The molecule has 6 nitrogen and oxygen atoms in total. The fourth-order valence-electron chi connectivity index (χ4n) is 3.46. The number of fused-ring (bicyclic) bond motifs is 1. The summed E-state index contributed by atoms with van der Waals surface area (Å²) in [4.78, 5) is -0.103. The monoisotopic (exact) mass is 472 g/mol. The van der Waals surface area contributed by atoms with Crippen molar-refractivity contribution in [1.29, 1.82) is 0 Å². The van der Waals surface area contributed by atoms with E-state index in [9.17, 15) is 12.8 Å². The molecule has 1 fully saturated rings. The van der Waals surface area contributed by atoms with Gasteiger partial charge < -0.3 is 14.5 Å². The maximum atomic E-state index is 14.2. The van der Waals surface area contributed by atoms with Crippen LogP contribution in [0, 0.1) is 6.92 Å². The van der Waals surface area contributed by atoms with E-state index in [4.69, 9.17) is 32.4 Å². The zero-order chi connectivity index (χ0) is 21.5. The minimum atomic E-state index is -4.05. The molecule has 0 spiro atoms. The minimum absolute atomic E-state index is 0.0558. The third-order valence-electron chi connectivity index (χ3n) is 4.96. The van der Waals surface area contributed by atoms with Crippen LogP contribution in [0.2, 0.25) is 10.0 Å². The van der Waals surface area contributed by atoms with Crippen LogP contribution >= 0.6 is 23.2 Å². The summed E-state index contributed by atoms with van der Waals surface area (Å²) in [7, 11) is -4.05. The number of benzene rings is 2. The molecule has 3 aromatic rings. The Morgan fingerprint density at radius 1 is 1.23 bits per heavy atom. The van der Waals surface area contributed by atoms with Crippen molar-refractivity contribution in [3.63, 3.8) is 0 Å². The molecule has 2 heterocycles. The van der Waals surface area contributed by atoms with Crippen LogP contribution in [-0.4, -0.2) is 33.8 Å². The molecule has 30 heavy (non-hydrogen) atoms. The third-order valence-corrected chi connectivity index (χ3v) is 7.36. The average Bonchev–Trinajstić information content (AvgIpc) is 3.15. The van der Waals surface area contributed by atoms with Gasteiger partial charge in [-0.15, -0.1) is 0 Å². The number of sulfonamides is 1. The molecule has 1 aliphatic heterocycles. The highest BCUT2D eigenvalue weighted by Gasteiger charge is 2.28. The molecule has 1 aliphatic rings. The van der Waals surface area contributed by atoms with Crippen molar-refractivity contribution >= 4 is 49.9 Å². The van der Waals surface area contributed by atoms with E-state index in [0.29, 0.717) is 29.5 Å². The van der Waals surface area contributed by atoms with E-state index in [1.165, 1.54) is 24.5 Å². The van der Waals surface area contributed by atoms with Crippen LogP contribution in [-0.2, 0) is 10.0 Å². The van der Waals surface area contributed by atoms with Gasteiger partial charge in [-0.25, -0.2) is 12.8 Å². The molecule has 1 saturated heterocycles. The number of hydrogen-bond donors (Lipinski definition) is 2. The zero-order valence-electron chi connectivity index (χ0n) is 15.9. The highest BCUT2D eigenvalue weighted by Crippen LogP contribution is 2.36. The van der Waals surface area contributed by atoms with Gasteiger partial charge in [-0.2, -0.15) is 0 Å². The quantitative estimate of drug-likeness (QED) is 0.550. The van der Waals surface area contributed by atoms with Gasteiger partial charge in [0.1, 0.15) is 17.2 Å². The van der Waals surface area contributed by atoms with Gasteiger partial charge in [-0.1, -0.05) is 23.2 Å². The molecule has 1 aromatic heterocycles. The molecule has 160 valence electrons. The van der Waals surface area contributed by atoms with E-state index in [2.05, 4.69) is 10.0 Å². The Balaban J connectivity index is 1.71. The third kappa shape index (κ3) is 4.09. The van der Waals surface area contributed by atoms with Crippen LogP contribution in [0.4, 0.5) is 10.1 Å². The van der Waals surface area contributed by atoms with Crippen LogP contribution in [0.1, 0.15) is 12.0 Å². The van der Waals surface area contributed by atoms with Crippen LogP contribution in [0.15, 0.2) is 45.9 Å². The van der Waals surface area contributed by atoms with Gasteiger partial charge in [0.15, 0.2) is 11.3 Å². The Morgan fingerprint density at radius 2 is 2.00 bits per heavy atom. The summed E-state index contributed by atoms with van der Waals surface area (Å²) < 4.78 is 54.2. The molecule has 0 radical (unpaired) electrons. The van der Waals surface area contributed by atoms with Crippen molar-refractivity contribution in [3.8, 4) is 5.75 Å². The van der Waals surface area contributed by atoms with Gasteiger partial charge >= 0.3 is 0 Å². The first kappa shape index (κ1) is 21.2. The molecule has 2 N–H and O–H groups in total. The molecule has 0 aliphatic carbocycles. The number of piperidine rings is 1. The van der Waals surface area contributed by atoms with Crippen LogP contribution < -0.4 is 14.8 Å². The molecule has 2 unspecified atom stereocenters. The lowest BCUT2D eigenvalue weighted by Crippen LogP contribution is -2.44. The second-order valence-corrected chi connectivity index (χ2v) is 9.50. The lowest BCUT2D eigenvalue weighted by molar-refractivity contribution is 0.0736. The van der Waals surface area contributed by atoms with Gasteiger partial charge in [0.2, 0.25) is 0 Å². The van der Waals surface area contributed by atoms with Crippen molar-refractivity contribution < 1.29 is 22.0 Å². The first-order valence-corrected chi connectivity index (χ1v) is 11.5. The molecule has 2 atom stereocenters. The molecule has 0 amide bonds. The minimum Gasteiger partial charge on any atom is -0.483 e. The average molecular weight is 473 g/mol. The lowest BCUT2D eigenvalue weighted by atomic mass is 10.1. The number of ether oxygens (including phenoxy) is 1. The van der Waals surface area contributed by atoms with Gasteiger partial charge in [0.05, 0.1) is 17.0 Å². The second kappa shape index (κ2) is 8.26. The van der Waals surface area contributed by atoms with Crippen LogP contribution in [0.25, 0.3) is 11.0 Å². The molecular formula is C20H19Cl2FN2O4S. The topological polar surface area (TPSA) is 80.6 Å². The van der Waals surface area contributed by atoms with Gasteiger partial charge in [-0.3, -0.25) is 4.72 Å². The summed E-state index contributed by atoms with van der Waals surface area (Å²) in [5.74, 6) is 0.263. The predicted molar refractivity (Wildman–Crippen MR) is 115 cm³/mol. The normalized spacial score (nSPS) is 19.7. The van der Waals surface area contributed by atoms with Gasteiger partial charge in [-0.05, 0) is 49.7 Å². The number of alkyl halides is 1. The summed E-state index contributed by atoms with van der Waals surface area (Å²) in [5.41, 5.74) is 0.992. The first-order chi connectivity index (χ1) is 14.3. The molecule has 4 rings (SSSR count). The van der Waals surface area contributed by atoms with E-state index in [0.717, 1.165) is 0 Å². The molecule has 0 bridgehead atoms. The second-order valence-electron chi connectivity index (χ2n) is 7.07. The zero-order valence-corrected chi connectivity index (χ0v) is 18.2. The van der Waals surface area contributed by atoms with Crippen molar-refractivity contribution in [1.82, 2.24) is 5.32 Å². The van der Waals surface area contributed by atoms with Gasteiger partial charge in [0.25, 0.3) is 10.0 Å². The van der Waals surface area contributed by atoms with E-state index >= 15 is 0 Å². The molecule has 0 saturated carbocycles. The first-order valence-electron chi connectivity index (χ1n) is 9.26. The number of anilines is 1. The summed E-state index contributed by atoms with van der Waals surface area (Å²) >= 11 is 12.2. The van der Waals surface area contributed by atoms with E-state index in [-0.39, 0.29) is 32.9 Å². The fraction of sp³-hybridized carbons (Fsp3) is 0.300. The molecular weight excluding hydrogens is 454 g/mol. The molecule has 2 aromatic carbocycles. The fourth-order valence-corrected chi connectivity index (χ4v) is 5.55. The predicted octanol–water partition coefficient (Wildman–Crippen LogP) is 4.93. The Hall–Kier alpha value is -2.00. The van der Waals surface area contributed by atoms with Crippen LogP contribution in [0.3, 0.4) is 0 Å². The van der Waals surface area contributed by atoms with Gasteiger partial charge in [0, 0.05) is 23.0 Å². The Morgan fingerprint density at radius 3 is 2.77 bits per heavy atom. The number of hydrogen-bond acceptors (Lipinski definition) is 5. The van der Waals surface area contributed by atoms with E-state index in [1.54, 1.807) is 19.1 Å². The number of furan rings is 1.